The smallest absolute Gasteiger partial charge is 0.348 e. The van der Waals surface area contributed by atoms with Gasteiger partial charge in [0.15, 0.2) is 0 Å². The summed E-state index contributed by atoms with van der Waals surface area (Å²) < 4.78 is 6.24. The first-order chi connectivity index (χ1) is 11.1. The first-order valence-electron chi connectivity index (χ1n) is 8.28. The molecule has 0 N–H and O–H groups in total. The van der Waals surface area contributed by atoms with Crippen molar-refractivity contribution in [3.8, 4) is 0 Å². The summed E-state index contributed by atoms with van der Waals surface area (Å²) in [5, 5.41) is 1.11. The van der Waals surface area contributed by atoms with Crippen LogP contribution in [0.25, 0.3) is 10.1 Å². The van der Waals surface area contributed by atoms with E-state index in [1.165, 1.54) is 17.0 Å². The second-order valence-electron chi connectivity index (χ2n) is 6.17. The average molecular weight is 332 g/mol. The standard InChI is InChI=1S/C18H24N2O2S/c1-4-22-18(21)17-11-14-5-6-15(12-16(14)23-17)20-9-7-19(8-10-20)13(2)3/h5-6,11-13H,4,7-10H2,1-3H3. The van der Waals surface area contributed by atoms with E-state index in [0.29, 0.717) is 17.5 Å². The summed E-state index contributed by atoms with van der Waals surface area (Å²) in [5.74, 6) is -0.221. The molecule has 0 saturated carbocycles. The molecule has 3 rings (SSSR count). The van der Waals surface area contributed by atoms with E-state index < -0.39 is 0 Å². The molecule has 0 radical (unpaired) electrons. The number of benzene rings is 1. The highest BCUT2D eigenvalue weighted by molar-refractivity contribution is 7.20. The van der Waals surface area contributed by atoms with E-state index in [9.17, 15) is 4.79 Å². The second kappa shape index (κ2) is 6.89. The van der Waals surface area contributed by atoms with Crippen LogP contribution in [0, 0.1) is 0 Å². The van der Waals surface area contributed by atoms with Crippen molar-refractivity contribution in [1.29, 1.82) is 0 Å². The zero-order valence-corrected chi connectivity index (χ0v) is 14.9. The third-order valence-corrected chi connectivity index (χ3v) is 5.47. The Hall–Kier alpha value is -1.59. The average Bonchev–Trinajstić information content (AvgIpc) is 2.98. The lowest BCUT2D eigenvalue weighted by Crippen LogP contribution is -2.48. The molecule has 4 nitrogen and oxygen atoms in total. The summed E-state index contributed by atoms with van der Waals surface area (Å²) in [5.41, 5.74) is 1.25. The molecule has 2 heterocycles. The van der Waals surface area contributed by atoms with Gasteiger partial charge in [0.2, 0.25) is 0 Å². The summed E-state index contributed by atoms with van der Waals surface area (Å²) in [4.78, 5) is 17.5. The zero-order valence-electron chi connectivity index (χ0n) is 14.0. The van der Waals surface area contributed by atoms with Gasteiger partial charge in [0.25, 0.3) is 0 Å². The van der Waals surface area contributed by atoms with Crippen molar-refractivity contribution >= 4 is 33.1 Å². The fourth-order valence-electron chi connectivity index (χ4n) is 3.02. The number of ether oxygens (including phenoxy) is 1. The fraction of sp³-hybridized carbons (Fsp3) is 0.500. The number of hydrogen-bond acceptors (Lipinski definition) is 5. The highest BCUT2D eigenvalue weighted by Crippen LogP contribution is 2.30. The van der Waals surface area contributed by atoms with Gasteiger partial charge in [-0.2, -0.15) is 0 Å². The molecule has 1 fully saturated rings. The van der Waals surface area contributed by atoms with Gasteiger partial charge in [0.1, 0.15) is 4.88 Å². The van der Waals surface area contributed by atoms with Gasteiger partial charge < -0.3 is 9.64 Å². The summed E-state index contributed by atoms with van der Waals surface area (Å²) in [6.07, 6.45) is 0. The van der Waals surface area contributed by atoms with Crippen molar-refractivity contribution in [2.45, 2.75) is 26.8 Å². The van der Waals surface area contributed by atoms with Crippen LogP contribution >= 0.6 is 11.3 Å². The van der Waals surface area contributed by atoms with Gasteiger partial charge in [-0.25, -0.2) is 4.79 Å². The van der Waals surface area contributed by atoms with Gasteiger partial charge in [0.05, 0.1) is 6.61 Å². The topological polar surface area (TPSA) is 32.8 Å². The minimum Gasteiger partial charge on any atom is -0.462 e. The second-order valence-corrected chi connectivity index (χ2v) is 7.25. The maximum absolute atomic E-state index is 11.9. The van der Waals surface area contributed by atoms with Crippen LogP contribution in [0.5, 0.6) is 0 Å². The predicted molar refractivity (Wildman–Crippen MR) is 96.7 cm³/mol. The van der Waals surface area contributed by atoms with Crippen LogP contribution in [0.1, 0.15) is 30.4 Å². The summed E-state index contributed by atoms with van der Waals surface area (Å²) >= 11 is 1.52. The van der Waals surface area contributed by atoms with Crippen molar-refractivity contribution in [1.82, 2.24) is 4.90 Å². The minimum absolute atomic E-state index is 0.221. The molecule has 23 heavy (non-hydrogen) atoms. The SMILES string of the molecule is CCOC(=O)c1cc2ccc(N3CCN(C(C)C)CC3)cc2s1. The Labute approximate surface area is 141 Å². The third kappa shape index (κ3) is 3.51. The molecule has 0 atom stereocenters. The Balaban J connectivity index is 1.77. The summed E-state index contributed by atoms with van der Waals surface area (Å²) in [7, 11) is 0. The van der Waals surface area contributed by atoms with Crippen LogP contribution in [0.15, 0.2) is 24.3 Å². The maximum atomic E-state index is 11.9. The highest BCUT2D eigenvalue weighted by atomic mass is 32.1. The van der Waals surface area contributed by atoms with E-state index in [-0.39, 0.29) is 5.97 Å². The Morgan fingerprint density at radius 3 is 2.61 bits per heavy atom. The monoisotopic (exact) mass is 332 g/mol. The first-order valence-corrected chi connectivity index (χ1v) is 9.10. The third-order valence-electron chi connectivity index (χ3n) is 4.39. The molecule has 1 saturated heterocycles. The van der Waals surface area contributed by atoms with Crippen LogP contribution in [-0.4, -0.2) is 49.7 Å². The van der Waals surface area contributed by atoms with Crippen LogP contribution in [-0.2, 0) is 4.74 Å². The summed E-state index contributed by atoms with van der Waals surface area (Å²) in [6.45, 7) is 11.1. The van der Waals surface area contributed by atoms with Crippen LogP contribution in [0.3, 0.4) is 0 Å². The van der Waals surface area contributed by atoms with E-state index in [4.69, 9.17) is 4.74 Å². The van der Waals surface area contributed by atoms with Crippen molar-refractivity contribution in [2.24, 2.45) is 0 Å². The molecule has 0 amide bonds. The number of esters is 1. The molecule has 2 aromatic rings. The first kappa shape index (κ1) is 16.3. The lowest BCUT2D eigenvalue weighted by Gasteiger charge is -2.38. The maximum Gasteiger partial charge on any atom is 0.348 e. The Morgan fingerprint density at radius 1 is 1.22 bits per heavy atom. The van der Waals surface area contributed by atoms with E-state index in [0.717, 1.165) is 36.3 Å². The summed E-state index contributed by atoms with van der Waals surface area (Å²) in [6, 6.07) is 9.02. The Morgan fingerprint density at radius 2 is 1.96 bits per heavy atom. The molecular formula is C18H24N2O2S. The van der Waals surface area contributed by atoms with Crippen molar-refractivity contribution in [2.75, 3.05) is 37.7 Å². The van der Waals surface area contributed by atoms with Crippen molar-refractivity contribution in [3.63, 3.8) is 0 Å². The largest absolute Gasteiger partial charge is 0.462 e. The highest BCUT2D eigenvalue weighted by Gasteiger charge is 2.19. The molecule has 0 spiro atoms. The van der Waals surface area contributed by atoms with Gasteiger partial charge in [-0.05, 0) is 44.4 Å². The van der Waals surface area contributed by atoms with E-state index in [2.05, 4.69) is 41.8 Å². The van der Waals surface area contributed by atoms with Gasteiger partial charge in [-0.15, -0.1) is 11.3 Å². The molecule has 0 unspecified atom stereocenters. The number of anilines is 1. The number of hydrogen-bond donors (Lipinski definition) is 0. The predicted octanol–water partition coefficient (Wildman–Crippen LogP) is 3.61. The molecule has 1 aliphatic rings. The molecule has 0 bridgehead atoms. The Bertz CT molecular complexity index is 687. The van der Waals surface area contributed by atoms with Crippen molar-refractivity contribution in [3.05, 3.63) is 29.1 Å². The van der Waals surface area contributed by atoms with Gasteiger partial charge in [0, 0.05) is 42.6 Å². The molecular weight excluding hydrogens is 308 g/mol. The number of rotatable bonds is 4. The zero-order chi connectivity index (χ0) is 16.4. The Kier molecular flexibility index (Phi) is 4.87. The van der Waals surface area contributed by atoms with E-state index in [1.54, 1.807) is 0 Å². The molecule has 1 aromatic heterocycles. The molecule has 5 heteroatoms. The lowest BCUT2D eigenvalue weighted by molar-refractivity contribution is 0.0532. The van der Waals surface area contributed by atoms with Crippen LogP contribution < -0.4 is 4.90 Å². The van der Waals surface area contributed by atoms with Crippen molar-refractivity contribution < 1.29 is 9.53 Å². The number of piperazine rings is 1. The van der Waals surface area contributed by atoms with E-state index in [1.807, 2.05) is 13.0 Å². The number of carbonyl (C=O) groups excluding carboxylic acids is 1. The molecule has 1 aromatic carbocycles. The fourth-order valence-corrected chi connectivity index (χ4v) is 4.01. The van der Waals surface area contributed by atoms with Gasteiger partial charge in [-0.3, -0.25) is 4.90 Å². The number of nitrogens with zero attached hydrogens (tertiary/aromatic N) is 2. The number of carbonyl (C=O) groups is 1. The van der Waals surface area contributed by atoms with Crippen LogP contribution in [0.2, 0.25) is 0 Å². The normalized spacial score (nSPS) is 16.3. The minimum atomic E-state index is -0.221. The lowest BCUT2D eigenvalue weighted by atomic mass is 10.2. The number of fused-ring (bicyclic) bond motifs is 1. The number of thiophene rings is 1. The van der Waals surface area contributed by atoms with Crippen LogP contribution in [0.4, 0.5) is 5.69 Å². The van der Waals surface area contributed by atoms with Gasteiger partial charge in [-0.1, -0.05) is 6.07 Å². The quantitative estimate of drug-likeness (QED) is 0.801. The molecule has 1 aliphatic heterocycles. The molecule has 0 aliphatic carbocycles. The van der Waals surface area contributed by atoms with E-state index >= 15 is 0 Å². The molecule has 124 valence electrons. The van der Waals surface area contributed by atoms with Gasteiger partial charge >= 0.3 is 5.97 Å².